The number of nitrogen functional groups attached to an aromatic ring is 1. The van der Waals surface area contributed by atoms with Crippen molar-refractivity contribution >= 4 is 23.8 Å². The summed E-state index contributed by atoms with van der Waals surface area (Å²) in [7, 11) is 0. The van der Waals surface area contributed by atoms with Crippen LogP contribution >= 0.6 is 0 Å². The standard InChI is InChI=1S/C19H20N2O4/c20-17-12-14(9-10-16(17)18(22)23)6-4-5-11-21-19(24)25-13-15-7-2-1-3-8-15/h1-4,6-10,12H,5,11,13,20H2,(H,21,24)(H,22,23). The summed E-state index contributed by atoms with van der Waals surface area (Å²) in [6, 6.07) is 14.2. The molecule has 0 aliphatic heterocycles. The van der Waals surface area contributed by atoms with Gasteiger partial charge in [0.25, 0.3) is 0 Å². The first-order valence-electron chi connectivity index (χ1n) is 7.80. The summed E-state index contributed by atoms with van der Waals surface area (Å²) in [6.07, 6.45) is 3.83. The van der Waals surface area contributed by atoms with E-state index in [-0.39, 0.29) is 17.9 Å². The third kappa shape index (κ3) is 6.02. The average molecular weight is 340 g/mol. The minimum Gasteiger partial charge on any atom is -0.478 e. The summed E-state index contributed by atoms with van der Waals surface area (Å²) in [5.74, 6) is -1.05. The van der Waals surface area contributed by atoms with Crippen LogP contribution in [0.1, 0.15) is 27.9 Å². The van der Waals surface area contributed by atoms with Gasteiger partial charge in [0.1, 0.15) is 6.61 Å². The molecule has 0 unspecified atom stereocenters. The second-order valence-corrected chi connectivity index (χ2v) is 5.33. The maximum atomic E-state index is 11.6. The summed E-state index contributed by atoms with van der Waals surface area (Å²) < 4.78 is 5.10. The molecule has 0 bridgehead atoms. The topological polar surface area (TPSA) is 102 Å². The SMILES string of the molecule is Nc1cc(C=CCCNC(=O)OCc2ccccc2)ccc1C(=O)O. The van der Waals surface area contributed by atoms with Gasteiger partial charge >= 0.3 is 12.1 Å². The Morgan fingerprint density at radius 3 is 2.60 bits per heavy atom. The molecule has 2 rings (SSSR count). The highest BCUT2D eigenvalue weighted by Gasteiger charge is 2.06. The number of ether oxygens (including phenoxy) is 1. The molecule has 6 heteroatoms. The van der Waals surface area contributed by atoms with E-state index in [4.69, 9.17) is 15.6 Å². The van der Waals surface area contributed by atoms with Crippen molar-refractivity contribution in [3.63, 3.8) is 0 Å². The van der Waals surface area contributed by atoms with Gasteiger partial charge in [-0.25, -0.2) is 9.59 Å². The van der Waals surface area contributed by atoms with Crippen LogP contribution in [0.4, 0.5) is 10.5 Å². The zero-order valence-electron chi connectivity index (χ0n) is 13.6. The highest BCUT2D eigenvalue weighted by atomic mass is 16.5. The van der Waals surface area contributed by atoms with E-state index >= 15 is 0 Å². The number of carboxylic acids is 1. The fourth-order valence-electron chi connectivity index (χ4n) is 2.13. The van der Waals surface area contributed by atoms with Crippen LogP contribution in [-0.2, 0) is 11.3 Å². The highest BCUT2D eigenvalue weighted by molar-refractivity contribution is 5.94. The maximum Gasteiger partial charge on any atom is 0.407 e. The smallest absolute Gasteiger partial charge is 0.407 e. The maximum absolute atomic E-state index is 11.6. The molecule has 0 spiro atoms. The first-order valence-corrected chi connectivity index (χ1v) is 7.80. The van der Waals surface area contributed by atoms with Crippen molar-refractivity contribution in [1.82, 2.24) is 5.32 Å². The normalized spacial score (nSPS) is 10.6. The monoisotopic (exact) mass is 340 g/mol. The van der Waals surface area contributed by atoms with Crippen LogP contribution in [0.2, 0.25) is 0 Å². The molecule has 0 saturated heterocycles. The Balaban J connectivity index is 1.70. The number of rotatable bonds is 7. The molecule has 6 nitrogen and oxygen atoms in total. The molecule has 130 valence electrons. The van der Waals surface area contributed by atoms with E-state index in [9.17, 15) is 9.59 Å². The molecular weight excluding hydrogens is 320 g/mol. The molecule has 0 atom stereocenters. The number of benzene rings is 2. The Hall–Kier alpha value is -3.28. The minimum atomic E-state index is -1.05. The molecule has 0 radical (unpaired) electrons. The van der Waals surface area contributed by atoms with Crippen molar-refractivity contribution < 1.29 is 19.4 Å². The van der Waals surface area contributed by atoms with E-state index in [0.29, 0.717) is 13.0 Å². The molecule has 0 heterocycles. The largest absolute Gasteiger partial charge is 0.478 e. The number of hydrogen-bond acceptors (Lipinski definition) is 4. The molecule has 0 saturated carbocycles. The predicted octanol–water partition coefficient (Wildman–Crippen LogP) is 3.30. The van der Waals surface area contributed by atoms with Gasteiger partial charge in [0.05, 0.1) is 5.56 Å². The number of carbonyl (C=O) groups is 2. The number of alkyl carbamates (subject to hydrolysis) is 1. The Bertz CT molecular complexity index is 757. The zero-order valence-corrected chi connectivity index (χ0v) is 13.6. The van der Waals surface area contributed by atoms with Gasteiger partial charge in [0.15, 0.2) is 0 Å². The Morgan fingerprint density at radius 1 is 1.16 bits per heavy atom. The Kier molecular flexibility index (Phi) is 6.59. The molecule has 0 fully saturated rings. The number of hydrogen-bond donors (Lipinski definition) is 3. The number of nitrogens with one attached hydrogen (secondary N) is 1. The Labute approximate surface area is 145 Å². The summed E-state index contributed by atoms with van der Waals surface area (Å²) in [5, 5.41) is 11.6. The number of carbonyl (C=O) groups excluding carboxylic acids is 1. The first kappa shape index (κ1) is 18.1. The highest BCUT2D eigenvalue weighted by Crippen LogP contribution is 2.15. The van der Waals surface area contributed by atoms with Gasteiger partial charge in [0, 0.05) is 12.2 Å². The zero-order chi connectivity index (χ0) is 18.1. The van der Waals surface area contributed by atoms with E-state index < -0.39 is 12.1 Å². The van der Waals surface area contributed by atoms with Crippen LogP contribution < -0.4 is 11.1 Å². The van der Waals surface area contributed by atoms with Gasteiger partial charge < -0.3 is 20.9 Å². The number of aromatic carboxylic acids is 1. The van der Waals surface area contributed by atoms with Crippen LogP contribution in [-0.4, -0.2) is 23.7 Å². The third-order valence-corrected chi connectivity index (χ3v) is 3.41. The number of carboxylic acid groups (broad SMARTS) is 1. The van der Waals surface area contributed by atoms with Crippen molar-refractivity contribution in [2.75, 3.05) is 12.3 Å². The molecule has 0 aliphatic rings. The van der Waals surface area contributed by atoms with Crippen molar-refractivity contribution in [3.8, 4) is 0 Å². The van der Waals surface area contributed by atoms with E-state index in [2.05, 4.69) is 5.32 Å². The predicted molar refractivity (Wildman–Crippen MR) is 96.1 cm³/mol. The Morgan fingerprint density at radius 2 is 1.92 bits per heavy atom. The van der Waals surface area contributed by atoms with Crippen LogP contribution in [0.15, 0.2) is 54.6 Å². The average Bonchev–Trinajstić information content (AvgIpc) is 2.60. The van der Waals surface area contributed by atoms with E-state index in [1.165, 1.54) is 6.07 Å². The number of anilines is 1. The summed E-state index contributed by atoms with van der Waals surface area (Å²) in [4.78, 5) is 22.5. The fraction of sp³-hybridized carbons (Fsp3) is 0.158. The van der Waals surface area contributed by atoms with Gasteiger partial charge in [-0.3, -0.25) is 0 Å². The second-order valence-electron chi connectivity index (χ2n) is 5.33. The summed E-state index contributed by atoms with van der Waals surface area (Å²) >= 11 is 0. The van der Waals surface area contributed by atoms with Crippen molar-refractivity contribution in [2.45, 2.75) is 13.0 Å². The van der Waals surface area contributed by atoms with Gasteiger partial charge in [-0.1, -0.05) is 48.6 Å². The molecule has 4 N–H and O–H groups in total. The van der Waals surface area contributed by atoms with Gasteiger partial charge in [-0.05, 0) is 29.7 Å². The molecule has 1 amide bonds. The van der Waals surface area contributed by atoms with Gasteiger partial charge in [-0.2, -0.15) is 0 Å². The van der Waals surface area contributed by atoms with Crippen LogP contribution in [0.5, 0.6) is 0 Å². The minimum absolute atomic E-state index is 0.0833. The van der Waals surface area contributed by atoms with E-state index in [1.54, 1.807) is 12.1 Å². The molecule has 0 aromatic heterocycles. The lowest BCUT2D eigenvalue weighted by molar-refractivity contribution is 0.0698. The molecule has 2 aromatic rings. The number of nitrogens with two attached hydrogens (primary N) is 1. The molecule has 2 aromatic carbocycles. The van der Waals surface area contributed by atoms with Gasteiger partial charge in [-0.15, -0.1) is 0 Å². The van der Waals surface area contributed by atoms with Crippen molar-refractivity contribution in [2.24, 2.45) is 0 Å². The van der Waals surface area contributed by atoms with Crippen LogP contribution in [0, 0.1) is 0 Å². The quantitative estimate of drug-likeness (QED) is 0.530. The number of amides is 1. The summed E-state index contributed by atoms with van der Waals surface area (Å²) in [5.41, 5.74) is 7.72. The molecular formula is C19H20N2O4. The van der Waals surface area contributed by atoms with E-state index in [0.717, 1.165) is 11.1 Å². The fourth-order valence-corrected chi connectivity index (χ4v) is 2.13. The van der Waals surface area contributed by atoms with Crippen molar-refractivity contribution in [1.29, 1.82) is 0 Å². The van der Waals surface area contributed by atoms with Crippen LogP contribution in [0.3, 0.4) is 0 Å². The van der Waals surface area contributed by atoms with E-state index in [1.807, 2.05) is 42.5 Å². The molecule has 25 heavy (non-hydrogen) atoms. The molecule has 0 aliphatic carbocycles. The summed E-state index contributed by atoms with van der Waals surface area (Å²) in [6.45, 7) is 0.671. The third-order valence-electron chi connectivity index (χ3n) is 3.41. The lowest BCUT2D eigenvalue weighted by Gasteiger charge is -2.06. The first-order chi connectivity index (χ1) is 12.1. The van der Waals surface area contributed by atoms with Gasteiger partial charge in [0.2, 0.25) is 0 Å². The van der Waals surface area contributed by atoms with Crippen LogP contribution in [0.25, 0.3) is 6.08 Å². The lowest BCUT2D eigenvalue weighted by atomic mass is 10.1. The second kappa shape index (κ2) is 9.12. The lowest BCUT2D eigenvalue weighted by Crippen LogP contribution is -2.24. The van der Waals surface area contributed by atoms with Crippen molar-refractivity contribution in [3.05, 3.63) is 71.3 Å².